The van der Waals surface area contributed by atoms with E-state index in [1.165, 1.54) is 5.69 Å². The number of hydrogen-bond acceptors (Lipinski definition) is 4. The summed E-state index contributed by atoms with van der Waals surface area (Å²) in [5.41, 5.74) is 3.25. The van der Waals surface area contributed by atoms with Crippen molar-refractivity contribution < 1.29 is 0 Å². The van der Waals surface area contributed by atoms with Crippen LogP contribution in [0.5, 0.6) is 0 Å². The first kappa shape index (κ1) is 15.9. The highest BCUT2D eigenvalue weighted by Crippen LogP contribution is 2.22. The highest BCUT2D eigenvalue weighted by atomic mass is 35.5. The van der Waals surface area contributed by atoms with Crippen molar-refractivity contribution in [1.82, 2.24) is 9.97 Å². The van der Waals surface area contributed by atoms with Gasteiger partial charge in [0.05, 0.1) is 5.69 Å². The summed E-state index contributed by atoms with van der Waals surface area (Å²) in [6.07, 6.45) is 1.83. The minimum Gasteiger partial charge on any atom is -0.368 e. The first-order chi connectivity index (χ1) is 12.3. The highest BCUT2D eigenvalue weighted by molar-refractivity contribution is 6.30. The van der Waals surface area contributed by atoms with Crippen LogP contribution in [0.3, 0.4) is 0 Å². The molecule has 1 aromatic heterocycles. The minimum absolute atomic E-state index is 0.732. The Labute approximate surface area is 152 Å². The Morgan fingerprint density at radius 2 is 1.44 bits per heavy atom. The molecule has 4 nitrogen and oxygen atoms in total. The largest absolute Gasteiger partial charge is 0.368 e. The van der Waals surface area contributed by atoms with Gasteiger partial charge >= 0.3 is 0 Å². The number of rotatable bonds is 3. The molecule has 0 bridgehead atoms. The number of piperazine rings is 1. The van der Waals surface area contributed by atoms with Crippen molar-refractivity contribution in [3.63, 3.8) is 0 Å². The molecule has 0 unspecified atom stereocenters. The van der Waals surface area contributed by atoms with Crippen LogP contribution < -0.4 is 9.80 Å². The molecule has 126 valence electrons. The summed E-state index contributed by atoms with van der Waals surface area (Å²) >= 11 is 5.97. The van der Waals surface area contributed by atoms with Gasteiger partial charge in [-0.1, -0.05) is 41.9 Å². The maximum atomic E-state index is 5.97. The molecule has 5 heteroatoms. The van der Waals surface area contributed by atoms with E-state index in [4.69, 9.17) is 16.6 Å². The Morgan fingerprint density at radius 1 is 0.760 bits per heavy atom. The van der Waals surface area contributed by atoms with Crippen molar-refractivity contribution in [3.05, 3.63) is 71.9 Å². The third-order valence-electron chi connectivity index (χ3n) is 4.47. The first-order valence-electron chi connectivity index (χ1n) is 8.43. The lowest BCUT2D eigenvalue weighted by atomic mass is 10.1. The van der Waals surface area contributed by atoms with Gasteiger partial charge in [-0.15, -0.1) is 0 Å². The Morgan fingerprint density at radius 3 is 2.16 bits per heavy atom. The minimum atomic E-state index is 0.732. The topological polar surface area (TPSA) is 32.3 Å². The lowest BCUT2D eigenvalue weighted by molar-refractivity contribution is 0.640. The number of anilines is 2. The van der Waals surface area contributed by atoms with Crippen LogP contribution in [-0.4, -0.2) is 36.1 Å². The van der Waals surface area contributed by atoms with Crippen molar-refractivity contribution >= 4 is 23.2 Å². The number of aromatic nitrogens is 2. The van der Waals surface area contributed by atoms with E-state index >= 15 is 0 Å². The molecule has 1 fully saturated rings. The van der Waals surface area contributed by atoms with Crippen molar-refractivity contribution in [3.8, 4) is 11.3 Å². The number of hydrogen-bond donors (Lipinski definition) is 0. The lowest BCUT2D eigenvalue weighted by Crippen LogP contribution is -2.47. The summed E-state index contributed by atoms with van der Waals surface area (Å²) in [4.78, 5) is 13.9. The molecule has 1 saturated heterocycles. The normalized spacial score (nSPS) is 14.6. The molecule has 1 aliphatic heterocycles. The average molecular weight is 351 g/mol. The van der Waals surface area contributed by atoms with E-state index in [9.17, 15) is 0 Å². The second-order valence-corrected chi connectivity index (χ2v) is 6.49. The molecule has 0 amide bonds. The monoisotopic (exact) mass is 350 g/mol. The fraction of sp³-hybridized carbons (Fsp3) is 0.200. The SMILES string of the molecule is Clc1ccc(-c2ccnc(N3CCN(c4ccccc4)CC3)n2)cc1. The summed E-state index contributed by atoms with van der Waals surface area (Å²) in [5.74, 6) is 0.792. The van der Waals surface area contributed by atoms with Crippen LogP contribution in [0.25, 0.3) is 11.3 Å². The van der Waals surface area contributed by atoms with Crippen LogP contribution in [0.4, 0.5) is 11.6 Å². The zero-order valence-electron chi connectivity index (χ0n) is 13.8. The molecule has 2 heterocycles. The summed E-state index contributed by atoms with van der Waals surface area (Å²) in [6.45, 7) is 3.77. The molecule has 0 aliphatic carbocycles. The van der Waals surface area contributed by atoms with Gasteiger partial charge < -0.3 is 9.80 Å². The van der Waals surface area contributed by atoms with Crippen LogP contribution in [0.1, 0.15) is 0 Å². The molecular formula is C20H19ClN4. The van der Waals surface area contributed by atoms with Crippen LogP contribution in [0.2, 0.25) is 5.02 Å². The lowest BCUT2D eigenvalue weighted by Gasteiger charge is -2.36. The number of para-hydroxylation sites is 1. The first-order valence-corrected chi connectivity index (χ1v) is 8.81. The second kappa shape index (κ2) is 7.11. The molecule has 25 heavy (non-hydrogen) atoms. The van der Waals surface area contributed by atoms with E-state index in [1.807, 2.05) is 36.5 Å². The van der Waals surface area contributed by atoms with E-state index in [0.717, 1.165) is 48.4 Å². The van der Waals surface area contributed by atoms with Crippen LogP contribution >= 0.6 is 11.6 Å². The zero-order chi connectivity index (χ0) is 17.1. The third kappa shape index (κ3) is 3.59. The average Bonchev–Trinajstić information content (AvgIpc) is 2.69. The van der Waals surface area contributed by atoms with Gasteiger partial charge in [-0.25, -0.2) is 9.97 Å². The standard InChI is InChI=1S/C20H19ClN4/c21-17-8-6-16(7-9-17)19-10-11-22-20(23-19)25-14-12-24(13-15-25)18-4-2-1-3-5-18/h1-11H,12-15H2. The van der Waals surface area contributed by atoms with E-state index in [2.05, 4.69) is 45.1 Å². The Balaban J connectivity index is 1.48. The second-order valence-electron chi connectivity index (χ2n) is 6.06. The van der Waals surface area contributed by atoms with E-state index < -0.39 is 0 Å². The van der Waals surface area contributed by atoms with E-state index in [-0.39, 0.29) is 0 Å². The highest BCUT2D eigenvalue weighted by Gasteiger charge is 2.19. The van der Waals surface area contributed by atoms with Crippen LogP contribution in [0.15, 0.2) is 66.9 Å². The Hall–Kier alpha value is -2.59. The molecule has 0 radical (unpaired) electrons. The van der Waals surface area contributed by atoms with Gasteiger partial charge in [0.15, 0.2) is 0 Å². The maximum absolute atomic E-state index is 5.97. The van der Waals surface area contributed by atoms with Gasteiger partial charge in [-0.05, 0) is 30.3 Å². The summed E-state index contributed by atoms with van der Waals surface area (Å²) in [6, 6.07) is 20.2. The number of halogens is 1. The Kier molecular flexibility index (Phi) is 4.53. The van der Waals surface area contributed by atoms with E-state index in [1.54, 1.807) is 0 Å². The fourth-order valence-corrected chi connectivity index (χ4v) is 3.21. The van der Waals surface area contributed by atoms with Gasteiger partial charge in [0.25, 0.3) is 0 Å². The zero-order valence-corrected chi connectivity index (χ0v) is 14.6. The molecule has 3 aromatic rings. The van der Waals surface area contributed by atoms with E-state index in [0.29, 0.717) is 0 Å². The third-order valence-corrected chi connectivity index (χ3v) is 4.72. The van der Waals surface area contributed by atoms with Crippen LogP contribution in [-0.2, 0) is 0 Å². The molecule has 4 rings (SSSR count). The summed E-state index contributed by atoms with van der Waals surface area (Å²) in [5, 5.41) is 0.732. The number of benzene rings is 2. The summed E-state index contributed by atoms with van der Waals surface area (Å²) < 4.78 is 0. The predicted octanol–water partition coefficient (Wildman–Crippen LogP) is 4.12. The van der Waals surface area contributed by atoms with Crippen molar-refractivity contribution in [2.75, 3.05) is 36.0 Å². The fourth-order valence-electron chi connectivity index (χ4n) is 3.09. The molecule has 1 aliphatic rings. The molecule has 0 spiro atoms. The smallest absolute Gasteiger partial charge is 0.225 e. The van der Waals surface area contributed by atoms with Crippen molar-refractivity contribution in [1.29, 1.82) is 0 Å². The quantitative estimate of drug-likeness (QED) is 0.711. The molecular weight excluding hydrogens is 332 g/mol. The molecule has 0 atom stereocenters. The van der Waals surface area contributed by atoms with Crippen molar-refractivity contribution in [2.45, 2.75) is 0 Å². The van der Waals surface area contributed by atoms with Gasteiger partial charge in [0.1, 0.15) is 0 Å². The molecule has 2 aromatic carbocycles. The summed E-state index contributed by atoms with van der Waals surface area (Å²) in [7, 11) is 0. The van der Waals surface area contributed by atoms with Gasteiger partial charge in [0, 0.05) is 48.6 Å². The van der Waals surface area contributed by atoms with Crippen LogP contribution in [0, 0.1) is 0 Å². The molecule has 0 saturated carbocycles. The molecule has 0 N–H and O–H groups in total. The Bertz CT molecular complexity index is 828. The predicted molar refractivity (Wildman–Crippen MR) is 103 cm³/mol. The maximum Gasteiger partial charge on any atom is 0.225 e. The number of nitrogens with zero attached hydrogens (tertiary/aromatic N) is 4. The van der Waals surface area contributed by atoms with Gasteiger partial charge in [-0.3, -0.25) is 0 Å². The van der Waals surface area contributed by atoms with Gasteiger partial charge in [-0.2, -0.15) is 0 Å². The van der Waals surface area contributed by atoms with Gasteiger partial charge in [0.2, 0.25) is 5.95 Å². The van der Waals surface area contributed by atoms with Crippen molar-refractivity contribution in [2.24, 2.45) is 0 Å².